The minimum Gasteiger partial charge on any atom is -0.456 e. The number of nitrogens with zero attached hydrogens (tertiary/aromatic N) is 2. The zero-order valence-electron chi connectivity index (χ0n) is 21.2. The number of hydrogen-bond donors (Lipinski definition) is 6. The quantitative estimate of drug-likeness (QED) is 0.182. The van der Waals surface area contributed by atoms with Gasteiger partial charge in [0.25, 0.3) is 0 Å². The molecule has 0 spiro atoms. The number of nitrogens with two attached hydrogens (primary N) is 4. The molecule has 0 fully saturated rings. The highest BCUT2D eigenvalue weighted by atomic mass is 35.5. The molecule has 10 N–H and O–H groups in total. The van der Waals surface area contributed by atoms with E-state index in [1.54, 1.807) is 36.4 Å². The van der Waals surface area contributed by atoms with Crippen molar-refractivity contribution in [2.45, 2.75) is 39.8 Å². The molecule has 0 aliphatic rings. The molecular formula is C26H34Cl2N8O. The SMILES string of the molecule is CC(C)N=C(N)c1cccc(-c2ccc(-c3cccc(C(N)=NC(C)C)c3C(=N)N)o2)c1C(=N)N.Cl.Cl. The first-order valence-corrected chi connectivity index (χ1v) is 11.2. The van der Waals surface area contributed by atoms with Crippen molar-refractivity contribution >= 4 is 48.2 Å². The van der Waals surface area contributed by atoms with Crippen molar-refractivity contribution in [3.05, 3.63) is 70.8 Å². The van der Waals surface area contributed by atoms with Crippen molar-refractivity contribution in [3.8, 4) is 22.6 Å². The monoisotopic (exact) mass is 544 g/mol. The average Bonchev–Trinajstić information content (AvgIpc) is 3.27. The fourth-order valence-corrected chi connectivity index (χ4v) is 3.85. The number of amidine groups is 4. The van der Waals surface area contributed by atoms with Crippen LogP contribution < -0.4 is 22.9 Å². The summed E-state index contributed by atoms with van der Waals surface area (Å²) in [5.74, 6) is 1.25. The normalized spacial score (nSPS) is 11.7. The molecule has 11 heteroatoms. The van der Waals surface area contributed by atoms with Crippen molar-refractivity contribution in [3.63, 3.8) is 0 Å². The minimum atomic E-state index is -0.153. The highest BCUT2D eigenvalue weighted by Gasteiger charge is 2.21. The Bertz CT molecular complexity index is 1240. The van der Waals surface area contributed by atoms with E-state index in [0.29, 0.717) is 56.6 Å². The molecule has 3 aromatic rings. The summed E-state index contributed by atoms with van der Waals surface area (Å²) in [6, 6.07) is 14.3. The largest absolute Gasteiger partial charge is 0.456 e. The molecule has 2 aromatic carbocycles. The van der Waals surface area contributed by atoms with Crippen molar-refractivity contribution in [2.24, 2.45) is 32.9 Å². The van der Waals surface area contributed by atoms with E-state index in [-0.39, 0.29) is 48.6 Å². The van der Waals surface area contributed by atoms with Crippen LogP contribution >= 0.6 is 24.8 Å². The van der Waals surface area contributed by atoms with Gasteiger partial charge in [-0.15, -0.1) is 24.8 Å². The van der Waals surface area contributed by atoms with Gasteiger partial charge in [0.15, 0.2) is 0 Å². The summed E-state index contributed by atoms with van der Waals surface area (Å²) in [4.78, 5) is 8.81. The van der Waals surface area contributed by atoms with Crippen LogP contribution in [0.3, 0.4) is 0 Å². The van der Waals surface area contributed by atoms with Crippen molar-refractivity contribution in [1.82, 2.24) is 0 Å². The highest BCUT2D eigenvalue weighted by Crippen LogP contribution is 2.34. The predicted molar refractivity (Wildman–Crippen MR) is 158 cm³/mol. The minimum absolute atomic E-state index is 0. The van der Waals surface area contributed by atoms with Crippen molar-refractivity contribution in [1.29, 1.82) is 10.8 Å². The molecule has 0 atom stereocenters. The maximum Gasteiger partial charge on any atom is 0.135 e. The van der Waals surface area contributed by atoms with Gasteiger partial charge in [0.05, 0.1) is 0 Å². The Kier molecular flexibility index (Phi) is 10.9. The number of nitrogen functional groups attached to an aromatic ring is 2. The summed E-state index contributed by atoms with van der Waals surface area (Å²) in [5.41, 5.74) is 27.5. The lowest BCUT2D eigenvalue weighted by atomic mass is 9.97. The predicted octanol–water partition coefficient (Wildman–Crippen LogP) is 4.25. The Morgan fingerprint density at radius 2 is 1.00 bits per heavy atom. The molecule has 0 aliphatic carbocycles. The van der Waals surface area contributed by atoms with E-state index in [4.69, 9.17) is 38.2 Å². The van der Waals surface area contributed by atoms with E-state index >= 15 is 0 Å². The Hall–Kier alpha value is -3.82. The number of nitrogens with one attached hydrogen (secondary N) is 2. The molecule has 0 amide bonds. The Labute approximate surface area is 229 Å². The second-order valence-electron chi connectivity index (χ2n) is 8.66. The van der Waals surface area contributed by atoms with E-state index in [1.165, 1.54) is 0 Å². The number of hydrogen-bond acceptors (Lipinski definition) is 5. The third-order valence-electron chi connectivity index (χ3n) is 5.15. The van der Waals surface area contributed by atoms with Crippen LogP contribution in [0.1, 0.15) is 49.9 Å². The lowest BCUT2D eigenvalue weighted by Crippen LogP contribution is -2.23. The summed E-state index contributed by atoms with van der Waals surface area (Å²) in [6.45, 7) is 7.68. The molecule has 1 heterocycles. The summed E-state index contributed by atoms with van der Waals surface area (Å²) < 4.78 is 6.20. The van der Waals surface area contributed by atoms with Crippen molar-refractivity contribution < 1.29 is 4.42 Å². The number of aliphatic imine (C=N–C) groups is 2. The van der Waals surface area contributed by atoms with Gasteiger partial charge in [0, 0.05) is 45.5 Å². The van der Waals surface area contributed by atoms with Crippen LogP contribution in [-0.4, -0.2) is 35.4 Å². The third-order valence-corrected chi connectivity index (χ3v) is 5.15. The van der Waals surface area contributed by atoms with Gasteiger partial charge in [-0.3, -0.25) is 20.8 Å². The van der Waals surface area contributed by atoms with E-state index in [1.807, 2.05) is 39.8 Å². The van der Waals surface area contributed by atoms with E-state index in [9.17, 15) is 0 Å². The van der Waals surface area contributed by atoms with Gasteiger partial charge in [-0.2, -0.15) is 0 Å². The fourth-order valence-electron chi connectivity index (χ4n) is 3.85. The van der Waals surface area contributed by atoms with Gasteiger partial charge in [0.2, 0.25) is 0 Å². The molecule has 3 rings (SSSR count). The summed E-state index contributed by atoms with van der Waals surface area (Å²) >= 11 is 0. The molecule has 0 aliphatic heterocycles. The van der Waals surface area contributed by atoms with Crippen LogP contribution in [0.5, 0.6) is 0 Å². The molecular weight excluding hydrogens is 511 g/mol. The van der Waals surface area contributed by atoms with E-state index in [0.717, 1.165) is 0 Å². The Morgan fingerprint density at radius 3 is 1.30 bits per heavy atom. The summed E-state index contributed by atoms with van der Waals surface area (Å²) in [6.07, 6.45) is 0. The van der Waals surface area contributed by atoms with Gasteiger partial charge >= 0.3 is 0 Å². The van der Waals surface area contributed by atoms with Crippen molar-refractivity contribution in [2.75, 3.05) is 0 Å². The van der Waals surface area contributed by atoms with Crippen LogP contribution in [0, 0.1) is 10.8 Å². The molecule has 198 valence electrons. The number of furan rings is 1. The molecule has 9 nitrogen and oxygen atoms in total. The van der Waals surface area contributed by atoms with Crippen LogP contribution in [0.4, 0.5) is 0 Å². The van der Waals surface area contributed by atoms with Gasteiger partial charge < -0.3 is 27.4 Å². The third kappa shape index (κ3) is 6.90. The topological polar surface area (TPSA) is 190 Å². The maximum atomic E-state index is 8.19. The zero-order chi connectivity index (χ0) is 25.9. The van der Waals surface area contributed by atoms with Crippen LogP contribution in [0.15, 0.2) is 62.9 Å². The summed E-state index contributed by atoms with van der Waals surface area (Å²) in [7, 11) is 0. The average molecular weight is 546 g/mol. The molecule has 0 unspecified atom stereocenters. The smallest absolute Gasteiger partial charge is 0.135 e. The van der Waals surface area contributed by atoms with Crippen LogP contribution in [0.2, 0.25) is 0 Å². The fraction of sp³-hybridized carbons (Fsp3) is 0.231. The van der Waals surface area contributed by atoms with Gasteiger partial charge in [0.1, 0.15) is 34.9 Å². The molecule has 0 radical (unpaired) electrons. The van der Waals surface area contributed by atoms with Gasteiger partial charge in [-0.25, -0.2) is 0 Å². The first-order chi connectivity index (χ1) is 16.5. The zero-order valence-corrected chi connectivity index (χ0v) is 22.8. The lowest BCUT2D eigenvalue weighted by molar-refractivity contribution is 0.597. The first kappa shape index (κ1) is 31.2. The Morgan fingerprint density at radius 1 is 0.649 bits per heavy atom. The highest BCUT2D eigenvalue weighted by molar-refractivity contribution is 6.14. The van der Waals surface area contributed by atoms with Crippen LogP contribution in [-0.2, 0) is 0 Å². The molecule has 1 aromatic heterocycles. The first-order valence-electron chi connectivity index (χ1n) is 11.2. The molecule has 0 saturated carbocycles. The number of benzene rings is 2. The summed E-state index contributed by atoms with van der Waals surface area (Å²) in [5, 5.41) is 16.4. The van der Waals surface area contributed by atoms with Gasteiger partial charge in [-0.1, -0.05) is 36.4 Å². The molecule has 37 heavy (non-hydrogen) atoms. The standard InChI is InChI=1S/C26H32N8O.2ClH/c1-13(2)33-25(31)17-9-5-7-15(21(17)23(27)28)19-11-12-20(35-19)16-8-6-10-18(22(16)24(29)30)26(32)34-14(3)4;;/h5-14H,1-4H3,(H3,27,28)(H3,29,30)(H2,31,33)(H2,32,34);2*1H. The van der Waals surface area contributed by atoms with E-state index in [2.05, 4.69) is 9.98 Å². The van der Waals surface area contributed by atoms with Crippen LogP contribution in [0.25, 0.3) is 22.6 Å². The number of rotatable bonds is 8. The molecule has 0 bridgehead atoms. The van der Waals surface area contributed by atoms with E-state index < -0.39 is 0 Å². The lowest BCUT2D eigenvalue weighted by Gasteiger charge is -2.14. The maximum absolute atomic E-state index is 8.19. The number of halogens is 2. The second-order valence-corrected chi connectivity index (χ2v) is 8.66. The molecule has 0 saturated heterocycles. The Balaban J connectivity index is 0.00000342. The van der Waals surface area contributed by atoms with Gasteiger partial charge in [-0.05, 0) is 39.8 Å². The second kappa shape index (κ2) is 12.9.